The molecular formula is C18H25N3O2S. The molecular weight excluding hydrogens is 322 g/mol. The second kappa shape index (κ2) is 7.77. The zero-order valence-corrected chi connectivity index (χ0v) is 15.5. The molecule has 5 nitrogen and oxygen atoms in total. The molecule has 6 heteroatoms. The molecule has 3 N–H and O–H groups in total. The van der Waals surface area contributed by atoms with Gasteiger partial charge in [0.15, 0.2) is 5.13 Å². The fourth-order valence-electron chi connectivity index (χ4n) is 2.66. The van der Waals surface area contributed by atoms with Crippen LogP contribution in [0, 0.1) is 12.3 Å². The third-order valence-electron chi connectivity index (χ3n) is 4.58. The number of thiazole rings is 1. The average molecular weight is 347 g/mol. The normalized spacial score (nSPS) is 11.4. The first-order chi connectivity index (χ1) is 11.5. The summed E-state index contributed by atoms with van der Waals surface area (Å²) in [5.74, 6) is 0.703. The number of carbonyl (C=O) groups is 1. The minimum absolute atomic E-state index is 0.0629. The third-order valence-corrected chi connectivity index (χ3v) is 5.34. The van der Waals surface area contributed by atoms with Gasteiger partial charge in [0.1, 0.15) is 5.75 Å². The summed E-state index contributed by atoms with van der Waals surface area (Å²) in [4.78, 5) is 17.2. The molecule has 0 atom stereocenters. The Morgan fingerprint density at radius 3 is 2.67 bits per heavy atom. The zero-order valence-electron chi connectivity index (χ0n) is 14.7. The predicted octanol–water partition coefficient (Wildman–Crippen LogP) is 3.83. The van der Waals surface area contributed by atoms with Gasteiger partial charge in [0.2, 0.25) is 5.91 Å². The van der Waals surface area contributed by atoms with Gasteiger partial charge < -0.3 is 15.8 Å². The topological polar surface area (TPSA) is 77.2 Å². The van der Waals surface area contributed by atoms with Gasteiger partial charge in [0.25, 0.3) is 0 Å². The minimum Gasteiger partial charge on any atom is -0.496 e. The Labute approximate surface area is 147 Å². The van der Waals surface area contributed by atoms with Crippen LogP contribution in [-0.2, 0) is 4.79 Å². The molecule has 130 valence electrons. The maximum atomic E-state index is 12.6. The van der Waals surface area contributed by atoms with E-state index in [1.807, 2.05) is 44.4 Å². The number of nitrogens with zero attached hydrogens (tertiary/aromatic N) is 1. The largest absolute Gasteiger partial charge is 0.496 e. The molecule has 2 aromatic rings. The van der Waals surface area contributed by atoms with Crippen molar-refractivity contribution in [3.8, 4) is 17.0 Å². The van der Waals surface area contributed by atoms with Gasteiger partial charge in [-0.3, -0.25) is 4.79 Å². The van der Waals surface area contributed by atoms with E-state index in [1.165, 1.54) is 11.3 Å². The van der Waals surface area contributed by atoms with Crippen LogP contribution in [0.15, 0.2) is 23.6 Å². The van der Waals surface area contributed by atoms with Crippen molar-refractivity contribution < 1.29 is 9.53 Å². The number of nitrogens with one attached hydrogen (secondary N) is 1. The maximum Gasteiger partial charge on any atom is 0.233 e. The van der Waals surface area contributed by atoms with Crippen molar-refractivity contribution in [2.75, 3.05) is 19.0 Å². The second-order valence-corrected chi connectivity index (χ2v) is 6.75. The van der Waals surface area contributed by atoms with Crippen LogP contribution in [0.3, 0.4) is 0 Å². The maximum absolute atomic E-state index is 12.6. The molecule has 0 unspecified atom stereocenters. The molecule has 1 aromatic carbocycles. The first-order valence-corrected chi connectivity index (χ1v) is 8.99. The number of ether oxygens (including phenoxy) is 1. The lowest BCUT2D eigenvalue weighted by atomic mass is 9.81. The molecule has 0 aliphatic carbocycles. The van der Waals surface area contributed by atoms with Gasteiger partial charge >= 0.3 is 0 Å². The number of hydrogen-bond donors (Lipinski definition) is 2. The summed E-state index contributed by atoms with van der Waals surface area (Å²) < 4.78 is 5.41. The lowest BCUT2D eigenvalue weighted by Crippen LogP contribution is -2.41. The highest BCUT2D eigenvalue weighted by Crippen LogP contribution is 2.34. The zero-order chi connectivity index (χ0) is 17.7. The SMILES string of the molecule is CCC(CC)(CN)C(=O)Nc1nc(-c2cc(C)ccc2OC)cs1. The van der Waals surface area contributed by atoms with Crippen LogP contribution < -0.4 is 15.8 Å². The highest BCUT2D eigenvalue weighted by Gasteiger charge is 2.33. The Bertz CT molecular complexity index is 700. The smallest absolute Gasteiger partial charge is 0.233 e. The molecule has 1 aromatic heterocycles. The Morgan fingerprint density at radius 2 is 2.08 bits per heavy atom. The number of aryl methyl sites for hydroxylation is 1. The van der Waals surface area contributed by atoms with Crippen LogP contribution in [0.1, 0.15) is 32.3 Å². The molecule has 24 heavy (non-hydrogen) atoms. The molecule has 0 saturated carbocycles. The lowest BCUT2D eigenvalue weighted by Gasteiger charge is -2.27. The summed E-state index contributed by atoms with van der Waals surface area (Å²) in [6.07, 6.45) is 1.41. The number of nitrogens with two attached hydrogens (primary N) is 1. The number of rotatable bonds is 7. The Morgan fingerprint density at radius 1 is 1.38 bits per heavy atom. The Hall–Kier alpha value is -1.92. The van der Waals surface area contributed by atoms with Gasteiger partial charge in [0, 0.05) is 17.5 Å². The monoisotopic (exact) mass is 347 g/mol. The number of methoxy groups -OCH3 is 1. The molecule has 2 rings (SSSR count). The van der Waals surface area contributed by atoms with Crippen LogP contribution in [0.25, 0.3) is 11.3 Å². The summed E-state index contributed by atoms with van der Waals surface area (Å²) in [5, 5.41) is 5.43. The highest BCUT2D eigenvalue weighted by molar-refractivity contribution is 7.14. The lowest BCUT2D eigenvalue weighted by molar-refractivity contribution is -0.125. The number of amides is 1. The van der Waals surface area contributed by atoms with E-state index >= 15 is 0 Å². The van der Waals surface area contributed by atoms with Gasteiger partial charge in [0.05, 0.1) is 18.2 Å². The van der Waals surface area contributed by atoms with Gasteiger partial charge in [-0.25, -0.2) is 4.98 Å². The van der Waals surface area contributed by atoms with Crippen molar-refractivity contribution in [3.05, 3.63) is 29.1 Å². The fourth-order valence-corrected chi connectivity index (χ4v) is 3.36. The van der Waals surface area contributed by atoms with Crippen molar-refractivity contribution in [1.82, 2.24) is 4.98 Å². The molecule has 1 amide bonds. The van der Waals surface area contributed by atoms with E-state index in [4.69, 9.17) is 10.5 Å². The number of anilines is 1. The van der Waals surface area contributed by atoms with Crippen molar-refractivity contribution in [2.24, 2.45) is 11.1 Å². The number of carbonyl (C=O) groups excluding carboxylic acids is 1. The molecule has 0 bridgehead atoms. The summed E-state index contributed by atoms with van der Waals surface area (Å²) in [6, 6.07) is 5.95. The summed E-state index contributed by atoms with van der Waals surface area (Å²) in [6.45, 7) is 6.33. The highest BCUT2D eigenvalue weighted by atomic mass is 32.1. The van der Waals surface area contributed by atoms with Crippen LogP contribution in [-0.4, -0.2) is 24.5 Å². The van der Waals surface area contributed by atoms with E-state index in [9.17, 15) is 4.79 Å². The van der Waals surface area contributed by atoms with E-state index in [2.05, 4.69) is 10.3 Å². The molecule has 0 radical (unpaired) electrons. The van der Waals surface area contributed by atoms with Crippen molar-refractivity contribution >= 4 is 22.4 Å². The summed E-state index contributed by atoms with van der Waals surface area (Å²) >= 11 is 1.41. The summed E-state index contributed by atoms with van der Waals surface area (Å²) in [5.41, 5.74) is 8.15. The standard InChI is InChI=1S/C18H25N3O2S/c1-5-18(6-2,11-19)16(22)21-17-20-14(10-24-17)13-9-12(3)7-8-15(13)23-4/h7-10H,5-6,11,19H2,1-4H3,(H,20,21,22). The molecule has 0 saturated heterocycles. The van der Waals surface area contributed by atoms with Crippen LogP contribution in [0.4, 0.5) is 5.13 Å². The van der Waals surface area contributed by atoms with Crippen molar-refractivity contribution in [2.45, 2.75) is 33.6 Å². The second-order valence-electron chi connectivity index (χ2n) is 5.89. The average Bonchev–Trinajstić information content (AvgIpc) is 3.05. The molecule has 0 fully saturated rings. The van der Waals surface area contributed by atoms with Gasteiger partial charge in [-0.1, -0.05) is 25.5 Å². The van der Waals surface area contributed by atoms with Gasteiger partial charge in [-0.15, -0.1) is 11.3 Å². The number of aromatic nitrogens is 1. The Balaban J connectivity index is 2.26. The predicted molar refractivity (Wildman–Crippen MR) is 99.5 cm³/mol. The van der Waals surface area contributed by atoms with E-state index in [0.717, 1.165) is 22.6 Å². The Kier molecular flexibility index (Phi) is 5.96. The first kappa shape index (κ1) is 18.4. The quantitative estimate of drug-likeness (QED) is 0.798. The summed E-state index contributed by atoms with van der Waals surface area (Å²) in [7, 11) is 1.64. The molecule has 0 aliphatic rings. The van der Waals surface area contributed by atoms with Crippen LogP contribution in [0.2, 0.25) is 0 Å². The first-order valence-electron chi connectivity index (χ1n) is 8.11. The van der Waals surface area contributed by atoms with E-state index < -0.39 is 5.41 Å². The number of benzene rings is 1. The molecule has 1 heterocycles. The molecule has 0 spiro atoms. The number of hydrogen-bond acceptors (Lipinski definition) is 5. The molecule has 0 aliphatic heterocycles. The minimum atomic E-state index is -0.535. The third kappa shape index (κ3) is 3.60. The van der Waals surface area contributed by atoms with Crippen molar-refractivity contribution in [3.63, 3.8) is 0 Å². The fraction of sp³-hybridized carbons (Fsp3) is 0.444. The van der Waals surface area contributed by atoms with Crippen LogP contribution >= 0.6 is 11.3 Å². The van der Waals surface area contributed by atoms with E-state index in [1.54, 1.807) is 7.11 Å². The van der Waals surface area contributed by atoms with Crippen LogP contribution in [0.5, 0.6) is 5.75 Å². The van der Waals surface area contributed by atoms with Crippen molar-refractivity contribution in [1.29, 1.82) is 0 Å². The van der Waals surface area contributed by atoms with E-state index in [-0.39, 0.29) is 5.91 Å². The van der Waals surface area contributed by atoms with Gasteiger partial charge in [-0.05, 0) is 31.9 Å². The van der Waals surface area contributed by atoms with Gasteiger partial charge in [-0.2, -0.15) is 0 Å². The van der Waals surface area contributed by atoms with E-state index in [0.29, 0.717) is 24.5 Å².